The van der Waals surface area contributed by atoms with Gasteiger partial charge in [0.1, 0.15) is 17.5 Å². The topological polar surface area (TPSA) is 41.1 Å². The molecule has 0 spiro atoms. The summed E-state index contributed by atoms with van der Waals surface area (Å²) >= 11 is 0. The zero-order valence-electron chi connectivity index (χ0n) is 11.9. The van der Waals surface area contributed by atoms with Crippen molar-refractivity contribution in [3.8, 4) is 0 Å². The van der Waals surface area contributed by atoms with Gasteiger partial charge in [0, 0.05) is 0 Å². The van der Waals surface area contributed by atoms with Crippen molar-refractivity contribution >= 4 is 11.6 Å². The van der Waals surface area contributed by atoms with Crippen molar-refractivity contribution in [3.05, 3.63) is 65.5 Å². The molecule has 0 fully saturated rings. The van der Waals surface area contributed by atoms with Crippen LogP contribution in [0, 0.1) is 17.5 Å². The molecule has 2 rings (SSSR count). The van der Waals surface area contributed by atoms with Gasteiger partial charge in [0.05, 0.1) is 18.3 Å². The van der Waals surface area contributed by atoms with Crippen molar-refractivity contribution in [1.29, 1.82) is 0 Å². The van der Waals surface area contributed by atoms with E-state index < -0.39 is 11.6 Å². The van der Waals surface area contributed by atoms with Crippen LogP contribution in [0.4, 0.5) is 18.9 Å². The molecule has 0 bridgehead atoms. The molecule has 6 heteroatoms. The van der Waals surface area contributed by atoms with Gasteiger partial charge in [-0.25, -0.2) is 13.2 Å². The highest BCUT2D eigenvalue weighted by Gasteiger charge is 2.11. The van der Waals surface area contributed by atoms with Gasteiger partial charge in [0.25, 0.3) is 0 Å². The van der Waals surface area contributed by atoms with Crippen LogP contribution in [0.5, 0.6) is 0 Å². The fourth-order valence-corrected chi connectivity index (χ4v) is 1.94. The minimum atomic E-state index is -0.638. The van der Waals surface area contributed by atoms with Gasteiger partial charge in [-0.1, -0.05) is 12.1 Å². The Bertz CT molecular complexity index is 659. The molecule has 1 unspecified atom stereocenters. The van der Waals surface area contributed by atoms with Crippen molar-refractivity contribution in [2.75, 3.05) is 11.9 Å². The number of carbonyl (C=O) groups is 1. The summed E-state index contributed by atoms with van der Waals surface area (Å²) in [6.45, 7) is 1.54. The van der Waals surface area contributed by atoms with E-state index in [9.17, 15) is 18.0 Å². The molecule has 116 valence electrons. The minimum Gasteiger partial charge on any atom is -0.374 e. The average Bonchev–Trinajstić information content (AvgIpc) is 2.49. The molecule has 2 aromatic carbocycles. The molecule has 0 aromatic heterocycles. The van der Waals surface area contributed by atoms with E-state index in [-0.39, 0.29) is 30.0 Å². The van der Waals surface area contributed by atoms with E-state index in [1.54, 1.807) is 19.1 Å². The van der Waals surface area contributed by atoms with Gasteiger partial charge in [-0.15, -0.1) is 0 Å². The van der Waals surface area contributed by atoms with Crippen LogP contribution < -0.4 is 10.6 Å². The summed E-state index contributed by atoms with van der Waals surface area (Å²) in [4.78, 5) is 11.8. The van der Waals surface area contributed by atoms with Crippen LogP contribution in [-0.4, -0.2) is 12.5 Å². The largest absolute Gasteiger partial charge is 0.374 e. The number of hydrogen-bond donors (Lipinski definition) is 2. The lowest BCUT2D eigenvalue weighted by atomic mass is 10.1. The van der Waals surface area contributed by atoms with Gasteiger partial charge in [-0.3, -0.25) is 4.79 Å². The molecule has 0 aliphatic carbocycles. The maximum atomic E-state index is 13.4. The monoisotopic (exact) mass is 308 g/mol. The summed E-state index contributed by atoms with van der Waals surface area (Å²) in [5.41, 5.74) is 0.663. The van der Waals surface area contributed by atoms with Crippen LogP contribution in [0.1, 0.15) is 18.5 Å². The summed E-state index contributed by atoms with van der Waals surface area (Å²) in [5, 5.41) is 5.21. The van der Waals surface area contributed by atoms with Crippen LogP contribution >= 0.6 is 0 Å². The predicted molar refractivity (Wildman–Crippen MR) is 77.8 cm³/mol. The zero-order valence-corrected chi connectivity index (χ0v) is 11.9. The highest BCUT2D eigenvalue weighted by atomic mass is 19.1. The van der Waals surface area contributed by atoms with Crippen LogP contribution in [0.3, 0.4) is 0 Å². The molecule has 0 aliphatic rings. The van der Waals surface area contributed by atoms with E-state index in [4.69, 9.17) is 0 Å². The molecule has 3 nitrogen and oxygen atoms in total. The first-order chi connectivity index (χ1) is 10.5. The van der Waals surface area contributed by atoms with E-state index in [0.29, 0.717) is 0 Å². The smallest absolute Gasteiger partial charge is 0.239 e. The van der Waals surface area contributed by atoms with Gasteiger partial charge in [-0.05, 0) is 42.8 Å². The third kappa shape index (κ3) is 4.25. The lowest BCUT2D eigenvalue weighted by molar-refractivity contribution is -0.120. The normalized spacial score (nSPS) is 11.8. The highest BCUT2D eigenvalue weighted by Crippen LogP contribution is 2.15. The Morgan fingerprint density at radius 3 is 2.36 bits per heavy atom. The fourth-order valence-electron chi connectivity index (χ4n) is 1.94. The number of amides is 1. The van der Waals surface area contributed by atoms with Crippen molar-refractivity contribution in [2.24, 2.45) is 0 Å². The van der Waals surface area contributed by atoms with E-state index in [0.717, 1.165) is 23.8 Å². The summed E-state index contributed by atoms with van der Waals surface area (Å²) in [7, 11) is 0. The number of benzene rings is 2. The Hall–Kier alpha value is -2.50. The van der Waals surface area contributed by atoms with Gasteiger partial charge >= 0.3 is 0 Å². The number of nitrogens with one attached hydrogen (secondary N) is 2. The molecular formula is C16H15F3N2O. The Kier molecular flexibility index (Phi) is 5.04. The van der Waals surface area contributed by atoms with Crippen molar-refractivity contribution in [3.63, 3.8) is 0 Å². The lowest BCUT2D eigenvalue weighted by Crippen LogP contribution is -2.32. The van der Waals surface area contributed by atoms with E-state index in [1.165, 1.54) is 12.1 Å². The minimum absolute atomic E-state index is 0.0791. The maximum Gasteiger partial charge on any atom is 0.239 e. The Labute approximate surface area is 126 Å². The summed E-state index contributed by atoms with van der Waals surface area (Å²) in [6, 6.07) is 8.38. The van der Waals surface area contributed by atoms with Crippen LogP contribution in [0.2, 0.25) is 0 Å². The number of halogens is 3. The molecular weight excluding hydrogens is 293 g/mol. The van der Waals surface area contributed by atoms with E-state index in [2.05, 4.69) is 10.6 Å². The first kappa shape index (κ1) is 15.9. The van der Waals surface area contributed by atoms with E-state index >= 15 is 0 Å². The SMILES string of the molecule is CC(NC(=O)CNc1cc(F)ccc1F)c1ccc(F)cc1. The van der Waals surface area contributed by atoms with Crippen LogP contribution in [0.15, 0.2) is 42.5 Å². The third-order valence-corrected chi connectivity index (χ3v) is 3.12. The van der Waals surface area contributed by atoms with Crippen molar-refractivity contribution in [2.45, 2.75) is 13.0 Å². The molecule has 0 heterocycles. The Morgan fingerprint density at radius 2 is 1.68 bits per heavy atom. The molecule has 1 amide bonds. The van der Waals surface area contributed by atoms with Crippen LogP contribution in [-0.2, 0) is 4.79 Å². The second kappa shape index (κ2) is 6.98. The van der Waals surface area contributed by atoms with E-state index in [1.807, 2.05) is 0 Å². The van der Waals surface area contributed by atoms with Gasteiger partial charge < -0.3 is 10.6 Å². The van der Waals surface area contributed by atoms with Crippen LogP contribution in [0.25, 0.3) is 0 Å². The third-order valence-electron chi connectivity index (χ3n) is 3.12. The van der Waals surface area contributed by atoms with Gasteiger partial charge in [0.15, 0.2) is 0 Å². The summed E-state index contributed by atoms with van der Waals surface area (Å²) in [6.07, 6.45) is 0. The molecule has 1 atom stereocenters. The first-order valence-electron chi connectivity index (χ1n) is 6.69. The van der Waals surface area contributed by atoms with Gasteiger partial charge in [-0.2, -0.15) is 0 Å². The predicted octanol–water partition coefficient (Wildman–Crippen LogP) is 3.39. The maximum absolute atomic E-state index is 13.4. The molecule has 2 N–H and O–H groups in total. The quantitative estimate of drug-likeness (QED) is 0.889. The molecule has 0 radical (unpaired) electrons. The molecule has 0 aliphatic heterocycles. The first-order valence-corrected chi connectivity index (χ1v) is 6.69. The second-order valence-electron chi connectivity index (χ2n) is 4.82. The number of anilines is 1. The highest BCUT2D eigenvalue weighted by molar-refractivity contribution is 5.81. The molecule has 2 aromatic rings. The molecule has 0 saturated heterocycles. The van der Waals surface area contributed by atoms with Crippen molar-refractivity contribution in [1.82, 2.24) is 5.32 Å². The fraction of sp³-hybridized carbons (Fsp3) is 0.188. The number of rotatable bonds is 5. The summed E-state index contributed by atoms with van der Waals surface area (Å²) in [5.74, 6) is -1.98. The van der Waals surface area contributed by atoms with Crippen molar-refractivity contribution < 1.29 is 18.0 Å². The Balaban J connectivity index is 1.90. The molecule has 22 heavy (non-hydrogen) atoms. The molecule has 0 saturated carbocycles. The zero-order chi connectivity index (χ0) is 16.1. The lowest BCUT2D eigenvalue weighted by Gasteiger charge is -2.15. The Morgan fingerprint density at radius 1 is 1.05 bits per heavy atom. The number of carbonyl (C=O) groups excluding carboxylic acids is 1. The standard InChI is InChI=1S/C16H15F3N2O/c1-10(11-2-4-12(17)5-3-11)21-16(22)9-20-15-8-13(18)6-7-14(15)19/h2-8,10,20H,9H2,1H3,(H,21,22). The average molecular weight is 308 g/mol. The van der Waals surface area contributed by atoms with Gasteiger partial charge in [0.2, 0.25) is 5.91 Å². The summed E-state index contributed by atoms with van der Waals surface area (Å²) < 4.78 is 39.2. The number of hydrogen-bond acceptors (Lipinski definition) is 2. The second-order valence-corrected chi connectivity index (χ2v) is 4.82.